The van der Waals surface area contributed by atoms with Crippen molar-refractivity contribution < 1.29 is 8.42 Å². The minimum atomic E-state index is -3.62. The van der Waals surface area contributed by atoms with E-state index in [0.29, 0.717) is 12.1 Å². The second-order valence-corrected chi connectivity index (χ2v) is 7.49. The molecule has 0 atom stereocenters. The van der Waals surface area contributed by atoms with Crippen molar-refractivity contribution >= 4 is 38.6 Å². The molecule has 0 fully saturated rings. The Kier molecular flexibility index (Phi) is 4.54. The highest BCUT2D eigenvalue weighted by molar-refractivity contribution is 7.89. The van der Waals surface area contributed by atoms with E-state index in [2.05, 4.69) is 0 Å². The number of benzene rings is 1. The summed E-state index contributed by atoms with van der Waals surface area (Å²) in [5, 5.41) is 3.84. The SMILES string of the molecule is CN(Cc1ccsc1)S(=O)(=O)c1ccccc1C(N)=S. The van der Waals surface area contributed by atoms with Gasteiger partial charge in [0.1, 0.15) is 4.99 Å². The molecule has 20 heavy (non-hydrogen) atoms. The number of nitrogens with zero attached hydrogens (tertiary/aromatic N) is 1. The molecule has 1 heterocycles. The number of hydrogen-bond donors (Lipinski definition) is 1. The van der Waals surface area contributed by atoms with Crippen LogP contribution in [0.4, 0.5) is 0 Å². The van der Waals surface area contributed by atoms with Crippen LogP contribution in [0.5, 0.6) is 0 Å². The number of hydrogen-bond acceptors (Lipinski definition) is 4. The first kappa shape index (κ1) is 15.1. The summed E-state index contributed by atoms with van der Waals surface area (Å²) in [5.41, 5.74) is 6.92. The Morgan fingerprint density at radius 1 is 1.35 bits per heavy atom. The Morgan fingerprint density at radius 2 is 2.05 bits per heavy atom. The maximum atomic E-state index is 12.6. The van der Waals surface area contributed by atoms with Gasteiger partial charge in [-0.2, -0.15) is 15.6 Å². The third kappa shape index (κ3) is 3.06. The zero-order valence-corrected chi connectivity index (χ0v) is 13.3. The predicted octanol–water partition coefficient (Wildman–Crippen LogP) is 2.20. The Hall–Kier alpha value is -1.28. The molecule has 0 unspecified atom stereocenters. The summed E-state index contributed by atoms with van der Waals surface area (Å²) in [6, 6.07) is 8.41. The Morgan fingerprint density at radius 3 is 2.65 bits per heavy atom. The summed E-state index contributed by atoms with van der Waals surface area (Å²) >= 11 is 6.45. The van der Waals surface area contributed by atoms with Crippen LogP contribution in [0.25, 0.3) is 0 Å². The van der Waals surface area contributed by atoms with E-state index in [-0.39, 0.29) is 9.88 Å². The maximum absolute atomic E-state index is 12.6. The highest BCUT2D eigenvalue weighted by Crippen LogP contribution is 2.21. The van der Waals surface area contributed by atoms with E-state index in [1.807, 2.05) is 16.8 Å². The van der Waals surface area contributed by atoms with Crippen LogP contribution in [0, 0.1) is 0 Å². The van der Waals surface area contributed by atoms with E-state index >= 15 is 0 Å². The van der Waals surface area contributed by atoms with Crippen LogP contribution in [-0.4, -0.2) is 24.8 Å². The first-order valence-electron chi connectivity index (χ1n) is 5.79. The second kappa shape index (κ2) is 6.01. The molecule has 1 aromatic heterocycles. The average molecular weight is 326 g/mol. The van der Waals surface area contributed by atoms with Crippen LogP contribution in [0.15, 0.2) is 46.0 Å². The van der Waals surface area contributed by atoms with Gasteiger partial charge in [-0.3, -0.25) is 0 Å². The lowest BCUT2D eigenvalue weighted by atomic mass is 10.2. The first-order valence-corrected chi connectivity index (χ1v) is 8.58. The molecule has 0 aliphatic carbocycles. The molecule has 2 rings (SSSR count). The van der Waals surface area contributed by atoms with E-state index in [0.717, 1.165) is 5.56 Å². The van der Waals surface area contributed by atoms with Crippen LogP contribution in [-0.2, 0) is 16.6 Å². The molecule has 2 N–H and O–H groups in total. The van der Waals surface area contributed by atoms with Gasteiger partial charge in [-0.1, -0.05) is 30.4 Å². The summed E-state index contributed by atoms with van der Waals surface area (Å²) in [7, 11) is -2.08. The van der Waals surface area contributed by atoms with Crippen LogP contribution in [0.2, 0.25) is 0 Å². The molecule has 1 aromatic carbocycles. The molecule has 7 heteroatoms. The van der Waals surface area contributed by atoms with Crippen molar-refractivity contribution in [1.29, 1.82) is 0 Å². The number of nitrogens with two attached hydrogens (primary N) is 1. The predicted molar refractivity (Wildman–Crippen MR) is 85.3 cm³/mol. The van der Waals surface area contributed by atoms with Crippen molar-refractivity contribution in [1.82, 2.24) is 4.31 Å². The van der Waals surface area contributed by atoms with E-state index in [4.69, 9.17) is 18.0 Å². The fourth-order valence-electron chi connectivity index (χ4n) is 1.79. The molecule has 0 amide bonds. The molecular weight excluding hydrogens is 312 g/mol. The van der Waals surface area contributed by atoms with Gasteiger partial charge in [0.05, 0.1) is 4.90 Å². The van der Waals surface area contributed by atoms with Crippen molar-refractivity contribution in [3.63, 3.8) is 0 Å². The van der Waals surface area contributed by atoms with Gasteiger partial charge in [0.25, 0.3) is 0 Å². The summed E-state index contributed by atoms with van der Waals surface area (Å²) in [5.74, 6) is 0. The molecule has 0 aliphatic heterocycles. The number of thiophene rings is 1. The number of thiocarbonyl (C=S) groups is 1. The largest absolute Gasteiger partial charge is 0.389 e. The molecule has 0 radical (unpaired) electrons. The van der Waals surface area contributed by atoms with Crippen LogP contribution in [0.1, 0.15) is 11.1 Å². The molecule has 2 aromatic rings. The smallest absolute Gasteiger partial charge is 0.243 e. The zero-order valence-electron chi connectivity index (χ0n) is 10.8. The lowest BCUT2D eigenvalue weighted by Gasteiger charge is -2.18. The molecule has 0 aliphatic rings. The highest BCUT2D eigenvalue weighted by atomic mass is 32.2. The third-order valence-electron chi connectivity index (χ3n) is 2.83. The Labute approximate surface area is 127 Å². The van der Waals surface area contributed by atoms with Crippen LogP contribution < -0.4 is 5.73 Å². The topological polar surface area (TPSA) is 63.4 Å². The third-order valence-corrected chi connectivity index (χ3v) is 5.64. The van der Waals surface area contributed by atoms with Gasteiger partial charge in [0, 0.05) is 19.2 Å². The Bertz CT molecular complexity index is 709. The van der Waals surface area contributed by atoms with E-state index in [1.54, 1.807) is 25.2 Å². The van der Waals surface area contributed by atoms with Crippen molar-refractivity contribution in [3.8, 4) is 0 Å². The molecule has 0 saturated heterocycles. The standard InChI is InChI=1S/C13H14N2O2S3/c1-15(8-10-6-7-19-9-10)20(16,17)12-5-3-2-4-11(12)13(14)18/h2-7,9H,8H2,1H3,(H2,14,18). The maximum Gasteiger partial charge on any atom is 0.243 e. The lowest BCUT2D eigenvalue weighted by molar-refractivity contribution is 0.467. The highest BCUT2D eigenvalue weighted by Gasteiger charge is 2.24. The van der Waals surface area contributed by atoms with Crippen molar-refractivity contribution in [2.24, 2.45) is 5.73 Å². The summed E-state index contributed by atoms with van der Waals surface area (Å²) in [6.45, 7) is 0.317. The van der Waals surface area contributed by atoms with Crippen LogP contribution in [0.3, 0.4) is 0 Å². The van der Waals surface area contributed by atoms with Gasteiger partial charge in [-0.05, 0) is 28.5 Å². The van der Waals surface area contributed by atoms with Crippen LogP contribution >= 0.6 is 23.6 Å². The molecular formula is C13H14N2O2S3. The quantitative estimate of drug-likeness (QED) is 0.856. The molecule has 4 nitrogen and oxygen atoms in total. The minimum Gasteiger partial charge on any atom is -0.389 e. The van der Waals surface area contributed by atoms with E-state index in [9.17, 15) is 8.42 Å². The minimum absolute atomic E-state index is 0.0770. The molecule has 0 spiro atoms. The lowest BCUT2D eigenvalue weighted by Crippen LogP contribution is -2.28. The fraction of sp³-hybridized carbons (Fsp3) is 0.154. The van der Waals surface area contributed by atoms with Gasteiger partial charge in [-0.15, -0.1) is 0 Å². The zero-order chi connectivity index (χ0) is 14.8. The second-order valence-electron chi connectivity index (χ2n) is 4.25. The molecule has 0 bridgehead atoms. The number of sulfonamides is 1. The van der Waals surface area contributed by atoms with Gasteiger partial charge >= 0.3 is 0 Å². The van der Waals surface area contributed by atoms with Gasteiger partial charge < -0.3 is 5.73 Å². The number of rotatable bonds is 5. The van der Waals surface area contributed by atoms with Gasteiger partial charge in [-0.25, -0.2) is 8.42 Å². The van der Waals surface area contributed by atoms with Crippen molar-refractivity contribution in [3.05, 3.63) is 52.2 Å². The average Bonchev–Trinajstić information content (AvgIpc) is 2.91. The van der Waals surface area contributed by atoms with E-state index < -0.39 is 10.0 Å². The summed E-state index contributed by atoms with van der Waals surface area (Å²) in [6.07, 6.45) is 0. The Balaban J connectivity index is 2.37. The molecule has 106 valence electrons. The van der Waals surface area contributed by atoms with Crippen molar-refractivity contribution in [2.45, 2.75) is 11.4 Å². The van der Waals surface area contributed by atoms with Crippen molar-refractivity contribution in [2.75, 3.05) is 7.05 Å². The summed E-state index contributed by atoms with van der Waals surface area (Å²) in [4.78, 5) is 0.221. The molecule has 0 saturated carbocycles. The normalized spacial score (nSPS) is 11.7. The van der Waals surface area contributed by atoms with E-state index in [1.165, 1.54) is 21.7 Å². The first-order chi connectivity index (χ1) is 9.43. The monoisotopic (exact) mass is 326 g/mol. The summed E-state index contributed by atoms with van der Waals surface area (Å²) < 4.78 is 26.5. The fourth-order valence-corrected chi connectivity index (χ4v) is 4.05. The van der Waals surface area contributed by atoms with Gasteiger partial charge in [0.15, 0.2) is 0 Å². The van der Waals surface area contributed by atoms with Gasteiger partial charge in [0.2, 0.25) is 10.0 Å².